The van der Waals surface area contributed by atoms with Gasteiger partial charge >= 0.3 is 5.97 Å². The minimum Gasteiger partial charge on any atom is -0.465 e. The van der Waals surface area contributed by atoms with E-state index < -0.39 is 5.97 Å². The first kappa shape index (κ1) is 15.7. The van der Waals surface area contributed by atoms with Crippen LogP contribution in [0.5, 0.6) is 0 Å². The van der Waals surface area contributed by atoms with E-state index in [2.05, 4.69) is 15.0 Å². The lowest BCUT2D eigenvalue weighted by Gasteiger charge is -2.06. The predicted molar refractivity (Wildman–Crippen MR) is 88.4 cm³/mol. The minimum absolute atomic E-state index is 0.0892. The van der Waals surface area contributed by atoms with Crippen LogP contribution in [0.3, 0.4) is 0 Å². The Bertz CT molecular complexity index is 918. The molecule has 0 radical (unpaired) electrons. The summed E-state index contributed by atoms with van der Waals surface area (Å²) >= 11 is 0. The van der Waals surface area contributed by atoms with Gasteiger partial charge in [-0.15, -0.1) is 0 Å². The number of ether oxygens (including phenoxy) is 1. The van der Waals surface area contributed by atoms with Crippen LogP contribution < -0.4 is 5.32 Å². The number of halogens is 1. The van der Waals surface area contributed by atoms with Gasteiger partial charge in [-0.25, -0.2) is 9.18 Å². The van der Waals surface area contributed by atoms with E-state index in [1.807, 2.05) is 0 Å². The van der Waals surface area contributed by atoms with Crippen molar-refractivity contribution in [2.75, 3.05) is 12.4 Å². The zero-order valence-electron chi connectivity index (χ0n) is 12.9. The molecule has 2 N–H and O–H groups in total. The molecule has 2 aromatic carbocycles. The first-order valence-electron chi connectivity index (χ1n) is 7.30. The average molecular weight is 326 g/mol. The van der Waals surface area contributed by atoms with E-state index in [1.54, 1.807) is 36.5 Å². The third kappa shape index (κ3) is 3.27. The first-order valence-corrected chi connectivity index (χ1v) is 7.30. The van der Waals surface area contributed by atoms with Crippen LogP contribution in [-0.4, -0.2) is 24.0 Å². The maximum atomic E-state index is 13.4. The van der Waals surface area contributed by atoms with Crippen LogP contribution in [0.4, 0.5) is 10.1 Å². The number of hydrogen-bond acceptors (Lipinski definition) is 3. The van der Waals surface area contributed by atoms with E-state index in [0.29, 0.717) is 22.2 Å². The molecule has 5 nitrogen and oxygen atoms in total. The fourth-order valence-corrected chi connectivity index (χ4v) is 2.52. The van der Waals surface area contributed by atoms with Gasteiger partial charge in [-0.1, -0.05) is 6.07 Å². The molecule has 24 heavy (non-hydrogen) atoms. The van der Waals surface area contributed by atoms with Crippen molar-refractivity contribution in [3.8, 4) is 0 Å². The highest BCUT2D eigenvalue weighted by atomic mass is 19.1. The van der Waals surface area contributed by atoms with Crippen molar-refractivity contribution < 1.29 is 18.7 Å². The molecule has 0 aliphatic carbocycles. The number of rotatable bonds is 4. The molecule has 0 saturated heterocycles. The maximum absolute atomic E-state index is 13.4. The van der Waals surface area contributed by atoms with Gasteiger partial charge in [0.25, 0.3) is 0 Å². The summed E-state index contributed by atoms with van der Waals surface area (Å²) in [6.45, 7) is 0. The first-order chi connectivity index (χ1) is 11.6. The van der Waals surface area contributed by atoms with Gasteiger partial charge < -0.3 is 15.0 Å². The number of aromatic nitrogens is 1. The molecule has 0 fully saturated rings. The van der Waals surface area contributed by atoms with E-state index >= 15 is 0 Å². The van der Waals surface area contributed by atoms with Crippen LogP contribution in [0.2, 0.25) is 0 Å². The number of methoxy groups -OCH3 is 1. The van der Waals surface area contributed by atoms with Crippen molar-refractivity contribution in [3.05, 3.63) is 65.6 Å². The lowest BCUT2D eigenvalue weighted by molar-refractivity contribution is -0.115. The highest BCUT2D eigenvalue weighted by Crippen LogP contribution is 2.20. The zero-order valence-corrected chi connectivity index (χ0v) is 12.9. The van der Waals surface area contributed by atoms with E-state index in [-0.39, 0.29) is 18.1 Å². The van der Waals surface area contributed by atoms with Crippen LogP contribution in [0.1, 0.15) is 15.9 Å². The van der Waals surface area contributed by atoms with E-state index in [1.165, 1.54) is 19.2 Å². The smallest absolute Gasteiger partial charge is 0.337 e. The van der Waals surface area contributed by atoms with Crippen molar-refractivity contribution in [2.24, 2.45) is 0 Å². The molecular formula is C18H15FN2O3. The molecule has 1 heterocycles. The number of anilines is 1. The zero-order chi connectivity index (χ0) is 17.1. The van der Waals surface area contributed by atoms with Gasteiger partial charge in [0.1, 0.15) is 5.82 Å². The number of benzene rings is 2. The number of aromatic amines is 1. The van der Waals surface area contributed by atoms with Crippen LogP contribution in [0, 0.1) is 5.82 Å². The highest BCUT2D eigenvalue weighted by molar-refractivity contribution is 5.97. The number of H-pyrrole nitrogens is 1. The topological polar surface area (TPSA) is 71.2 Å². The number of esters is 1. The quantitative estimate of drug-likeness (QED) is 0.723. The molecule has 1 amide bonds. The molecule has 0 bridgehead atoms. The van der Waals surface area contributed by atoms with Crippen LogP contribution in [0.15, 0.2) is 48.7 Å². The summed E-state index contributed by atoms with van der Waals surface area (Å²) in [5.41, 5.74) is 2.32. The number of carbonyl (C=O) groups excluding carboxylic acids is 2. The van der Waals surface area contributed by atoms with Gasteiger partial charge in [0.2, 0.25) is 5.91 Å². The summed E-state index contributed by atoms with van der Waals surface area (Å²) in [5, 5.41) is 3.40. The molecule has 0 unspecified atom stereocenters. The molecule has 3 rings (SSSR count). The summed E-state index contributed by atoms with van der Waals surface area (Å²) in [5.74, 6) is -1.09. The van der Waals surface area contributed by atoms with Gasteiger partial charge in [-0.2, -0.15) is 0 Å². The average Bonchev–Trinajstić information content (AvgIpc) is 2.96. The summed E-state index contributed by atoms with van der Waals surface area (Å²) in [7, 11) is 1.30. The third-order valence-electron chi connectivity index (χ3n) is 3.65. The van der Waals surface area contributed by atoms with E-state index in [4.69, 9.17) is 0 Å². The Kier molecular flexibility index (Phi) is 4.29. The number of hydrogen-bond donors (Lipinski definition) is 2. The fourth-order valence-electron chi connectivity index (χ4n) is 2.52. The highest BCUT2D eigenvalue weighted by Gasteiger charge is 2.11. The van der Waals surface area contributed by atoms with Crippen LogP contribution in [0.25, 0.3) is 10.9 Å². The SMILES string of the molecule is COC(=O)c1cccc(NC(=O)Cc2c[nH]c3ccc(F)cc23)c1. The minimum atomic E-state index is -0.474. The Morgan fingerprint density at radius 2 is 2.04 bits per heavy atom. The second-order valence-corrected chi connectivity index (χ2v) is 5.30. The molecule has 0 spiro atoms. The number of nitrogens with one attached hydrogen (secondary N) is 2. The molecule has 0 aliphatic heterocycles. The largest absolute Gasteiger partial charge is 0.465 e. The summed E-state index contributed by atoms with van der Waals surface area (Å²) in [6, 6.07) is 10.9. The van der Waals surface area contributed by atoms with Crippen molar-refractivity contribution in [1.29, 1.82) is 0 Å². The Morgan fingerprint density at radius 3 is 2.83 bits per heavy atom. The third-order valence-corrected chi connectivity index (χ3v) is 3.65. The number of carbonyl (C=O) groups is 2. The van der Waals surface area contributed by atoms with Crippen molar-refractivity contribution in [3.63, 3.8) is 0 Å². The van der Waals surface area contributed by atoms with Gasteiger partial charge in [0.15, 0.2) is 0 Å². The molecular weight excluding hydrogens is 311 g/mol. The predicted octanol–water partition coefficient (Wildman–Crippen LogP) is 3.27. The van der Waals surface area contributed by atoms with Crippen molar-refractivity contribution in [2.45, 2.75) is 6.42 Å². The molecule has 122 valence electrons. The molecule has 3 aromatic rings. The van der Waals surface area contributed by atoms with E-state index in [9.17, 15) is 14.0 Å². The van der Waals surface area contributed by atoms with Crippen LogP contribution in [-0.2, 0) is 16.0 Å². The second kappa shape index (κ2) is 6.54. The molecule has 1 aromatic heterocycles. The number of amides is 1. The summed E-state index contributed by atoms with van der Waals surface area (Å²) in [6.07, 6.45) is 1.78. The van der Waals surface area contributed by atoms with Gasteiger partial charge in [0.05, 0.1) is 19.1 Å². The molecule has 0 aliphatic rings. The Morgan fingerprint density at radius 1 is 1.21 bits per heavy atom. The normalized spacial score (nSPS) is 10.6. The van der Waals surface area contributed by atoms with Gasteiger partial charge in [0, 0.05) is 22.8 Å². The Labute approximate surface area is 137 Å². The fraction of sp³-hybridized carbons (Fsp3) is 0.111. The molecule has 0 saturated carbocycles. The molecule has 0 atom stereocenters. The molecule has 6 heteroatoms. The second-order valence-electron chi connectivity index (χ2n) is 5.30. The Balaban J connectivity index is 1.75. The van der Waals surface area contributed by atoms with Crippen molar-refractivity contribution >= 4 is 28.5 Å². The number of fused-ring (bicyclic) bond motifs is 1. The summed E-state index contributed by atoms with van der Waals surface area (Å²) in [4.78, 5) is 26.7. The van der Waals surface area contributed by atoms with Gasteiger partial charge in [-0.3, -0.25) is 4.79 Å². The van der Waals surface area contributed by atoms with Crippen molar-refractivity contribution in [1.82, 2.24) is 4.98 Å². The monoisotopic (exact) mass is 326 g/mol. The lowest BCUT2D eigenvalue weighted by Crippen LogP contribution is -2.14. The standard InChI is InChI=1S/C18H15FN2O3/c1-24-18(23)11-3-2-4-14(7-11)21-17(22)8-12-10-20-16-6-5-13(19)9-15(12)16/h2-7,9-10,20H,8H2,1H3,(H,21,22). The van der Waals surface area contributed by atoms with E-state index in [0.717, 1.165) is 5.52 Å². The summed E-state index contributed by atoms with van der Waals surface area (Å²) < 4.78 is 18.0. The Hall–Kier alpha value is -3.15. The lowest BCUT2D eigenvalue weighted by atomic mass is 10.1. The van der Waals surface area contributed by atoms with Gasteiger partial charge in [-0.05, 0) is 42.0 Å². The maximum Gasteiger partial charge on any atom is 0.337 e. The van der Waals surface area contributed by atoms with Crippen LogP contribution >= 0.6 is 0 Å².